The van der Waals surface area contributed by atoms with Gasteiger partial charge in [-0.25, -0.2) is 0 Å². The number of ether oxygens (including phenoxy) is 2. The molecule has 0 radical (unpaired) electrons. The van der Waals surface area contributed by atoms with Crippen LogP contribution in [0.1, 0.15) is 51.0 Å². The van der Waals surface area contributed by atoms with Crippen molar-refractivity contribution < 1.29 is 18.8 Å². The number of rotatable bonds is 6. The quantitative estimate of drug-likeness (QED) is 0.584. The summed E-state index contributed by atoms with van der Waals surface area (Å²) in [6.45, 7) is 5.01. The molecule has 25 heavy (non-hydrogen) atoms. The van der Waals surface area contributed by atoms with Crippen molar-refractivity contribution in [2.75, 3.05) is 20.8 Å². The van der Waals surface area contributed by atoms with Crippen LogP contribution in [0, 0.1) is 0 Å². The number of benzene rings is 1. The number of carbonyl (C=O) groups is 1. The number of piperidine rings is 1. The van der Waals surface area contributed by atoms with Crippen molar-refractivity contribution in [1.29, 1.82) is 0 Å². The average Bonchev–Trinajstić information content (AvgIpc) is 2.78. The summed E-state index contributed by atoms with van der Waals surface area (Å²) in [6, 6.07) is 11.7. The molecule has 2 bridgehead atoms. The van der Waals surface area contributed by atoms with E-state index in [9.17, 15) is 4.79 Å². The topological polar surface area (TPSA) is 35.5 Å². The van der Waals surface area contributed by atoms with Crippen LogP contribution in [-0.4, -0.2) is 55.4 Å². The van der Waals surface area contributed by atoms with Gasteiger partial charge < -0.3 is 14.0 Å². The van der Waals surface area contributed by atoms with E-state index in [1.807, 2.05) is 30.3 Å². The number of methoxy groups -OCH3 is 1. The van der Waals surface area contributed by atoms with Gasteiger partial charge in [0.15, 0.2) is 0 Å². The highest BCUT2D eigenvalue weighted by Crippen LogP contribution is 2.44. The first-order chi connectivity index (χ1) is 12.0. The Morgan fingerprint density at radius 2 is 1.76 bits per heavy atom. The second-order valence-corrected chi connectivity index (χ2v) is 8.15. The molecule has 2 saturated heterocycles. The maximum absolute atomic E-state index is 12.8. The minimum absolute atomic E-state index is 0.0537. The molecule has 0 spiro atoms. The van der Waals surface area contributed by atoms with Crippen LogP contribution in [-0.2, 0) is 14.3 Å². The second kappa shape index (κ2) is 7.46. The second-order valence-electron chi connectivity index (χ2n) is 8.15. The summed E-state index contributed by atoms with van der Waals surface area (Å²) < 4.78 is 12.4. The molecule has 4 heteroatoms. The summed E-state index contributed by atoms with van der Waals surface area (Å²) in [6.07, 6.45) is 4.55. The van der Waals surface area contributed by atoms with E-state index >= 15 is 0 Å². The molecule has 1 aromatic rings. The lowest BCUT2D eigenvalue weighted by molar-refractivity contribution is -0.968. The molecule has 5 atom stereocenters. The van der Waals surface area contributed by atoms with E-state index in [1.54, 1.807) is 7.11 Å². The number of esters is 1. The standard InChI is InChI=1S/C21H32NO3/c1-15(2)22(3)17-10-11-18(22)13-19(12-17)25-21(23)20(14-24-4)16-8-6-5-7-9-16/h5-9,15,17-20H,10-14H2,1-4H3/q+1/t17-,18+,19?,20?,22?. The van der Waals surface area contributed by atoms with Crippen molar-refractivity contribution in [3.8, 4) is 0 Å². The molecule has 2 aliphatic rings. The van der Waals surface area contributed by atoms with Crippen LogP contribution >= 0.6 is 0 Å². The predicted octanol–water partition coefficient (Wildman–Crippen LogP) is 3.51. The number of hydrogen-bond donors (Lipinski definition) is 0. The summed E-state index contributed by atoms with van der Waals surface area (Å²) in [5.74, 6) is -0.477. The Balaban J connectivity index is 1.67. The van der Waals surface area contributed by atoms with E-state index in [4.69, 9.17) is 9.47 Å². The Morgan fingerprint density at radius 3 is 2.28 bits per heavy atom. The summed E-state index contributed by atoms with van der Waals surface area (Å²) >= 11 is 0. The van der Waals surface area contributed by atoms with Gasteiger partial charge in [0.1, 0.15) is 12.0 Å². The highest BCUT2D eigenvalue weighted by atomic mass is 16.5. The van der Waals surface area contributed by atoms with E-state index < -0.39 is 0 Å². The molecule has 1 aromatic carbocycles. The molecule has 3 unspecified atom stereocenters. The van der Waals surface area contributed by atoms with Gasteiger partial charge in [-0.1, -0.05) is 30.3 Å². The SMILES string of the molecule is COCC(C(=O)OC1C[C@H]2CC[C@@H](C1)[N+]2(C)C(C)C)c1ccccc1. The first kappa shape index (κ1) is 18.4. The summed E-state index contributed by atoms with van der Waals surface area (Å²) in [5.41, 5.74) is 0.968. The Bertz CT molecular complexity index is 572. The van der Waals surface area contributed by atoms with Crippen LogP contribution in [0.2, 0.25) is 0 Å². The maximum Gasteiger partial charge on any atom is 0.316 e. The number of quaternary nitrogens is 1. The third-order valence-corrected chi connectivity index (χ3v) is 6.69. The van der Waals surface area contributed by atoms with E-state index in [-0.39, 0.29) is 18.0 Å². The van der Waals surface area contributed by atoms with Crippen molar-refractivity contribution in [2.24, 2.45) is 0 Å². The molecule has 3 rings (SSSR count). The Labute approximate surface area is 151 Å². The van der Waals surface area contributed by atoms with E-state index in [0.29, 0.717) is 24.7 Å². The largest absolute Gasteiger partial charge is 0.461 e. The molecule has 2 fully saturated rings. The van der Waals surface area contributed by atoms with E-state index in [2.05, 4.69) is 20.9 Å². The number of nitrogens with zero attached hydrogens (tertiary/aromatic N) is 1. The molecule has 2 aliphatic heterocycles. The maximum atomic E-state index is 12.8. The molecule has 0 N–H and O–H groups in total. The molecule has 0 aromatic heterocycles. The highest BCUT2D eigenvalue weighted by Gasteiger charge is 2.53. The Morgan fingerprint density at radius 1 is 1.16 bits per heavy atom. The zero-order valence-electron chi connectivity index (χ0n) is 16.0. The van der Waals surface area contributed by atoms with Crippen LogP contribution in [0.5, 0.6) is 0 Å². The van der Waals surface area contributed by atoms with Gasteiger partial charge in [0.2, 0.25) is 0 Å². The highest BCUT2D eigenvalue weighted by molar-refractivity contribution is 5.78. The van der Waals surface area contributed by atoms with Crippen LogP contribution in [0.3, 0.4) is 0 Å². The lowest BCUT2D eigenvalue weighted by atomic mass is 9.94. The van der Waals surface area contributed by atoms with Crippen molar-refractivity contribution in [3.05, 3.63) is 35.9 Å². The lowest BCUT2D eigenvalue weighted by Gasteiger charge is -2.49. The zero-order valence-corrected chi connectivity index (χ0v) is 16.0. The number of fused-ring (bicyclic) bond motifs is 2. The first-order valence-electron chi connectivity index (χ1n) is 9.56. The summed E-state index contributed by atoms with van der Waals surface area (Å²) in [7, 11) is 4.03. The normalized spacial score (nSPS) is 32.6. The van der Waals surface area contributed by atoms with E-state index in [0.717, 1.165) is 22.9 Å². The Hall–Kier alpha value is -1.39. The van der Waals surface area contributed by atoms with Crippen LogP contribution in [0.15, 0.2) is 30.3 Å². The fourth-order valence-electron chi connectivity index (χ4n) is 4.97. The average molecular weight is 346 g/mol. The lowest BCUT2D eigenvalue weighted by Crippen LogP contribution is -2.62. The van der Waals surface area contributed by atoms with Gasteiger partial charge in [-0.2, -0.15) is 0 Å². The Kier molecular flexibility index (Phi) is 5.49. The number of carbonyl (C=O) groups excluding carboxylic acids is 1. The number of hydrogen-bond acceptors (Lipinski definition) is 3. The predicted molar refractivity (Wildman–Crippen MR) is 98.3 cm³/mol. The molecule has 0 aliphatic carbocycles. The van der Waals surface area contributed by atoms with E-state index in [1.165, 1.54) is 12.8 Å². The molecule has 4 nitrogen and oxygen atoms in total. The zero-order chi connectivity index (χ0) is 18.0. The molecular weight excluding hydrogens is 314 g/mol. The smallest absolute Gasteiger partial charge is 0.316 e. The van der Waals surface area contributed by atoms with Gasteiger partial charge >= 0.3 is 5.97 Å². The summed E-state index contributed by atoms with van der Waals surface area (Å²) in [5, 5.41) is 0. The fraction of sp³-hybridized carbons (Fsp3) is 0.667. The van der Waals surface area contributed by atoms with Crippen molar-refractivity contribution in [3.63, 3.8) is 0 Å². The first-order valence-corrected chi connectivity index (χ1v) is 9.56. The van der Waals surface area contributed by atoms with Crippen LogP contribution in [0.25, 0.3) is 0 Å². The van der Waals surface area contributed by atoms with Crippen LogP contribution < -0.4 is 0 Å². The summed E-state index contributed by atoms with van der Waals surface area (Å²) in [4.78, 5) is 12.8. The van der Waals surface area contributed by atoms with Crippen molar-refractivity contribution >= 4 is 5.97 Å². The van der Waals surface area contributed by atoms with Crippen molar-refractivity contribution in [1.82, 2.24) is 0 Å². The van der Waals surface area contributed by atoms with Gasteiger partial charge in [0, 0.05) is 32.8 Å². The van der Waals surface area contributed by atoms with Gasteiger partial charge in [-0.15, -0.1) is 0 Å². The van der Waals surface area contributed by atoms with Gasteiger partial charge in [-0.05, 0) is 19.4 Å². The van der Waals surface area contributed by atoms with Crippen LogP contribution in [0.4, 0.5) is 0 Å². The van der Waals surface area contributed by atoms with Gasteiger partial charge in [0.25, 0.3) is 0 Å². The molecule has 0 amide bonds. The van der Waals surface area contributed by atoms with Gasteiger partial charge in [-0.3, -0.25) is 4.79 Å². The third-order valence-electron chi connectivity index (χ3n) is 6.69. The third kappa shape index (κ3) is 3.47. The fourth-order valence-corrected chi connectivity index (χ4v) is 4.97. The molecule has 138 valence electrons. The molecule has 2 heterocycles. The van der Waals surface area contributed by atoms with Crippen molar-refractivity contribution in [2.45, 2.75) is 69.7 Å². The minimum atomic E-state index is -0.336. The van der Waals surface area contributed by atoms with Gasteiger partial charge in [0.05, 0.1) is 31.8 Å². The molecular formula is C21H32NO3+. The molecule has 0 saturated carbocycles. The minimum Gasteiger partial charge on any atom is -0.461 e. The monoisotopic (exact) mass is 346 g/mol.